The van der Waals surface area contributed by atoms with Gasteiger partial charge in [-0.05, 0) is 80.1 Å². The van der Waals surface area contributed by atoms with E-state index in [2.05, 4.69) is 67.3 Å². The van der Waals surface area contributed by atoms with Crippen LogP contribution in [0.15, 0.2) is 29.6 Å². The molecule has 4 rings (SSSR count). The van der Waals surface area contributed by atoms with Gasteiger partial charge in [-0.1, -0.05) is 25.1 Å². The Morgan fingerprint density at radius 3 is 2.28 bits per heavy atom. The lowest BCUT2D eigenvalue weighted by Gasteiger charge is -2.18. The standard InChI is InChI=1S/C25H28N2OS/c1-7-18-13(2)24(26-15(18)4)23(20-12-29-21-11-9-8-10-19(20)21)25-14(3)22(17(6)28)16(5)27-25/h8-12,23,26-27H,7H2,1-6H3. The van der Waals surface area contributed by atoms with Gasteiger partial charge in [0, 0.05) is 33.0 Å². The van der Waals surface area contributed by atoms with E-state index in [4.69, 9.17) is 0 Å². The minimum Gasteiger partial charge on any atom is -0.361 e. The summed E-state index contributed by atoms with van der Waals surface area (Å²) in [6.07, 6.45) is 1.01. The van der Waals surface area contributed by atoms with E-state index in [0.717, 1.165) is 28.9 Å². The van der Waals surface area contributed by atoms with Gasteiger partial charge in [-0.15, -0.1) is 11.3 Å². The van der Waals surface area contributed by atoms with Crippen LogP contribution in [0.3, 0.4) is 0 Å². The number of H-pyrrole nitrogens is 2. The number of aromatic amines is 2. The largest absolute Gasteiger partial charge is 0.361 e. The average molecular weight is 405 g/mol. The SMILES string of the molecule is CCc1c(C)[nH]c(C(c2[nH]c(C)c(C(C)=O)c2C)c2csc3ccccc23)c1C. The number of carbonyl (C=O) groups excluding carboxylic acids is 1. The zero-order valence-electron chi connectivity index (χ0n) is 18.0. The predicted molar refractivity (Wildman–Crippen MR) is 123 cm³/mol. The first kappa shape index (κ1) is 19.7. The molecule has 0 radical (unpaired) electrons. The van der Waals surface area contributed by atoms with Crippen molar-refractivity contribution >= 4 is 27.2 Å². The third kappa shape index (κ3) is 3.06. The number of Topliss-reactive ketones (excluding diaryl/α,β-unsaturated/α-hetero) is 1. The number of carbonyl (C=O) groups is 1. The van der Waals surface area contributed by atoms with Crippen LogP contribution in [0.5, 0.6) is 0 Å². The normalized spacial score (nSPS) is 12.6. The molecule has 4 aromatic rings. The fourth-order valence-corrected chi connectivity index (χ4v) is 5.89. The van der Waals surface area contributed by atoms with Crippen LogP contribution in [0, 0.1) is 27.7 Å². The molecule has 1 atom stereocenters. The van der Waals surface area contributed by atoms with E-state index in [1.165, 1.54) is 38.2 Å². The van der Waals surface area contributed by atoms with Crippen molar-refractivity contribution in [1.82, 2.24) is 9.97 Å². The average Bonchev–Trinajstić information content (AvgIpc) is 3.31. The van der Waals surface area contributed by atoms with Crippen molar-refractivity contribution in [2.24, 2.45) is 0 Å². The van der Waals surface area contributed by atoms with E-state index in [-0.39, 0.29) is 11.7 Å². The Kier molecular flexibility index (Phi) is 4.99. The van der Waals surface area contributed by atoms with Gasteiger partial charge < -0.3 is 9.97 Å². The molecule has 3 aromatic heterocycles. The summed E-state index contributed by atoms with van der Waals surface area (Å²) < 4.78 is 1.29. The van der Waals surface area contributed by atoms with Crippen LogP contribution in [0.4, 0.5) is 0 Å². The maximum absolute atomic E-state index is 12.3. The highest BCUT2D eigenvalue weighted by Crippen LogP contribution is 2.42. The molecular weight excluding hydrogens is 376 g/mol. The molecule has 0 spiro atoms. The molecule has 1 aromatic carbocycles. The molecule has 0 aliphatic heterocycles. The van der Waals surface area contributed by atoms with Gasteiger partial charge in [-0.2, -0.15) is 0 Å². The van der Waals surface area contributed by atoms with Crippen molar-refractivity contribution in [3.63, 3.8) is 0 Å². The highest BCUT2D eigenvalue weighted by molar-refractivity contribution is 7.17. The molecule has 0 bridgehead atoms. The molecule has 0 fully saturated rings. The fraction of sp³-hybridized carbons (Fsp3) is 0.320. The first-order valence-electron chi connectivity index (χ1n) is 10.2. The summed E-state index contributed by atoms with van der Waals surface area (Å²) in [7, 11) is 0. The quantitative estimate of drug-likeness (QED) is 0.356. The number of aromatic nitrogens is 2. The van der Waals surface area contributed by atoms with Crippen molar-refractivity contribution in [3.8, 4) is 0 Å². The summed E-state index contributed by atoms with van der Waals surface area (Å²) >= 11 is 1.78. The number of aryl methyl sites for hydroxylation is 2. The monoisotopic (exact) mass is 404 g/mol. The van der Waals surface area contributed by atoms with Gasteiger partial charge >= 0.3 is 0 Å². The number of hydrogen-bond donors (Lipinski definition) is 2. The van der Waals surface area contributed by atoms with Crippen molar-refractivity contribution in [2.45, 2.75) is 53.9 Å². The van der Waals surface area contributed by atoms with Gasteiger partial charge in [0.05, 0.1) is 5.92 Å². The molecular formula is C25H28N2OS. The van der Waals surface area contributed by atoms with Crippen LogP contribution in [-0.4, -0.2) is 15.8 Å². The van der Waals surface area contributed by atoms with Gasteiger partial charge in [0.2, 0.25) is 0 Å². The smallest absolute Gasteiger partial charge is 0.161 e. The number of benzene rings is 1. The lowest BCUT2D eigenvalue weighted by Crippen LogP contribution is -2.08. The summed E-state index contributed by atoms with van der Waals surface area (Å²) in [6, 6.07) is 8.58. The summed E-state index contributed by atoms with van der Waals surface area (Å²) in [5.41, 5.74) is 10.4. The first-order valence-corrected chi connectivity index (χ1v) is 11.1. The predicted octanol–water partition coefficient (Wildman–Crippen LogP) is 6.74. The van der Waals surface area contributed by atoms with Gasteiger partial charge in [0.1, 0.15) is 0 Å². The highest BCUT2D eigenvalue weighted by atomic mass is 32.1. The maximum atomic E-state index is 12.3. The lowest BCUT2D eigenvalue weighted by atomic mass is 9.87. The minimum absolute atomic E-state index is 0.0388. The van der Waals surface area contributed by atoms with Crippen LogP contribution in [0.2, 0.25) is 0 Å². The number of thiophene rings is 1. The second-order valence-corrected chi connectivity index (χ2v) is 8.87. The van der Waals surface area contributed by atoms with E-state index in [0.29, 0.717) is 0 Å². The molecule has 0 aliphatic rings. The second-order valence-electron chi connectivity index (χ2n) is 7.96. The van der Waals surface area contributed by atoms with E-state index >= 15 is 0 Å². The van der Waals surface area contributed by atoms with Crippen molar-refractivity contribution in [1.29, 1.82) is 0 Å². The van der Waals surface area contributed by atoms with Crippen LogP contribution in [-0.2, 0) is 6.42 Å². The number of ketones is 1. The van der Waals surface area contributed by atoms with E-state index in [1.807, 2.05) is 6.92 Å². The van der Waals surface area contributed by atoms with Gasteiger partial charge in [0.15, 0.2) is 5.78 Å². The minimum atomic E-state index is 0.0388. The van der Waals surface area contributed by atoms with Gasteiger partial charge in [-0.25, -0.2) is 0 Å². The van der Waals surface area contributed by atoms with Crippen LogP contribution < -0.4 is 0 Å². The molecule has 0 saturated heterocycles. The van der Waals surface area contributed by atoms with Crippen LogP contribution in [0.25, 0.3) is 10.1 Å². The Bertz CT molecular complexity index is 1220. The molecule has 3 nitrogen and oxygen atoms in total. The molecule has 3 heterocycles. The first-order chi connectivity index (χ1) is 13.8. The number of rotatable bonds is 5. The molecule has 0 saturated carbocycles. The van der Waals surface area contributed by atoms with E-state index in [9.17, 15) is 4.79 Å². The lowest BCUT2D eigenvalue weighted by molar-refractivity contribution is 0.101. The highest BCUT2D eigenvalue weighted by Gasteiger charge is 2.29. The third-order valence-corrected chi connectivity index (χ3v) is 7.19. The van der Waals surface area contributed by atoms with Crippen LogP contribution in [0.1, 0.15) is 75.2 Å². The summed E-state index contributed by atoms with van der Waals surface area (Å²) in [4.78, 5) is 19.6. The van der Waals surface area contributed by atoms with Gasteiger partial charge in [0.25, 0.3) is 0 Å². The Labute approximate surface area is 176 Å². The fourth-order valence-electron chi connectivity index (χ4n) is 4.90. The zero-order valence-corrected chi connectivity index (χ0v) is 18.8. The molecule has 4 heteroatoms. The second kappa shape index (κ2) is 7.34. The number of nitrogens with one attached hydrogen (secondary N) is 2. The number of fused-ring (bicyclic) bond motifs is 1. The summed E-state index contributed by atoms with van der Waals surface area (Å²) in [5, 5.41) is 3.56. The molecule has 150 valence electrons. The zero-order chi connectivity index (χ0) is 20.9. The summed E-state index contributed by atoms with van der Waals surface area (Å²) in [6.45, 7) is 12.3. The van der Waals surface area contributed by atoms with Crippen molar-refractivity contribution in [2.75, 3.05) is 0 Å². The van der Waals surface area contributed by atoms with Crippen LogP contribution >= 0.6 is 11.3 Å². The molecule has 2 N–H and O–H groups in total. The van der Waals surface area contributed by atoms with E-state index in [1.54, 1.807) is 18.3 Å². The third-order valence-electron chi connectivity index (χ3n) is 6.21. The maximum Gasteiger partial charge on any atom is 0.161 e. The van der Waals surface area contributed by atoms with Crippen molar-refractivity contribution in [3.05, 3.63) is 80.2 Å². The molecule has 1 unspecified atom stereocenters. The van der Waals surface area contributed by atoms with E-state index < -0.39 is 0 Å². The molecule has 0 amide bonds. The Balaban J connectivity index is 2.04. The Hall–Kier alpha value is -2.59. The molecule has 29 heavy (non-hydrogen) atoms. The molecule has 0 aliphatic carbocycles. The van der Waals surface area contributed by atoms with Gasteiger partial charge in [-0.3, -0.25) is 4.79 Å². The number of hydrogen-bond acceptors (Lipinski definition) is 2. The van der Waals surface area contributed by atoms with Crippen molar-refractivity contribution < 1.29 is 4.79 Å². The summed E-state index contributed by atoms with van der Waals surface area (Å²) in [5.74, 6) is 0.155. The topological polar surface area (TPSA) is 48.6 Å². The Morgan fingerprint density at radius 1 is 1.00 bits per heavy atom. The Morgan fingerprint density at radius 2 is 1.66 bits per heavy atom.